The normalized spacial score (nSPS) is 11.6. The van der Waals surface area contributed by atoms with Gasteiger partial charge in [0.1, 0.15) is 0 Å². The molecule has 9 heteroatoms. The summed E-state index contributed by atoms with van der Waals surface area (Å²) in [6.07, 6.45) is 0. The molecule has 152 valence electrons. The van der Waals surface area contributed by atoms with E-state index >= 15 is 0 Å². The van der Waals surface area contributed by atoms with Crippen molar-refractivity contribution in [2.24, 2.45) is 7.05 Å². The number of rotatable bonds is 5. The monoisotopic (exact) mass is 412 g/mol. The van der Waals surface area contributed by atoms with E-state index in [0.29, 0.717) is 11.5 Å². The molecule has 0 spiro atoms. The molecule has 0 saturated heterocycles. The predicted molar refractivity (Wildman–Crippen MR) is 112 cm³/mol. The van der Waals surface area contributed by atoms with Gasteiger partial charge in [-0.3, -0.25) is 19.5 Å². The van der Waals surface area contributed by atoms with Gasteiger partial charge in [-0.25, -0.2) is 4.68 Å². The summed E-state index contributed by atoms with van der Waals surface area (Å²) in [5.41, 5.74) is 0.390. The van der Waals surface area contributed by atoms with E-state index in [0.717, 1.165) is 22.4 Å². The second kappa shape index (κ2) is 8.04. The molecule has 31 heavy (non-hydrogen) atoms. The molecule has 4 aromatic rings. The van der Waals surface area contributed by atoms with E-state index in [1.54, 1.807) is 23.7 Å². The molecule has 2 aromatic heterocycles. The van der Waals surface area contributed by atoms with Crippen LogP contribution in [0.5, 0.6) is 0 Å². The van der Waals surface area contributed by atoms with Gasteiger partial charge in [0.25, 0.3) is 11.1 Å². The average molecular weight is 412 g/mol. The largest absolute Gasteiger partial charge is 0.313 e. The maximum Gasteiger partial charge on any atom is 0.269 e. The van der Waals surface area contributed by atoms with Crippen LogP contribution in [0.1, 0.15) is 22.1 Å². The van der Waals surface area contributed by atoms with Crippen molar-refractivity contribution >= 4 is 5.78 Å². The number of hydrogen-bond donors (Lipinski definition) is 1. The molecule has 1 unspecified atom stereocenters. The van der Waals surface area contributed by atoms with E-state index in [9.17, 15) is 19.6 Å². The Morgan fingerprint density at radius 3 is 2.55 bits per heavy atom. The molecule has 1 atom stereocenters. The molecular weight excluding hydrogens is 396 g/mol. The zero-order valence-corrected chi connectivity index (χ0v) is 16.4. The number of nitriles is 1. The summed E-state index contributed by atoms with van der Waals surface area (Å²) < 4.78 is 2.65. The molecule has 2 aromatic carbocycles. The van der Waals surface area contributed by atoms with Crippen LogP contribution in [-0.2, 0) is 7.05 Å². The fraction of sp³-hybridized carbons (Fsp3) is 0.0909. The third-order valence-corrected chi connectivity index (χ3v) is 4.80. The lowest BCUT2D eigenvalue weighted by Gasteiger charge is -2.11. The first-order chi connectivity index (χ1) is 15.0. The van der Waals surface area contributed by atoms with Crippen molar-refractivity contribution in [3.8, 4) is 23.1 Å². The van der Waals surface area contributed by atoms with Crippen molar-refractivity contribution in [3.05, 3.63) is 98.8 Å². The summed E-state index contributed by atoms with van der Waals surface area (Å²) in [6, 6.07) is 19.7. The minimum absolute atomic E-state index is 0.199. The number of ketones is 1. The number of hydrogen-bond acceptors (Lipinski definition) is 6. The molecular formula is C22H16N6O3. The summed E-state index contributed by atoms with van der Waals surface area (Å²) in [5.74, 6) is -0.949. The Bertz CT molecular complexity index is 1430. The second-order valence-corrected chi connectivity index (χ2v) is 6.77. The summed E-state index contributed by atoms with van der Waals surface area (Å²) >= 11 is 0. The molecule has 0 radical (unpaired) electrons. The maximum atomic E-state index is 13.1. The SMILES string of the molecule is Cn1c(-c2ccccc2)nnc1C(C#N)C(=O)c1cccc(-n2[nH]c(=O)ccc2=O)c1. The van der Waals surface area contributed by atoms with E-state index in [-0.39, 0.29) is 11.4 Å². The minimum Gasteiger partial charge on any atom is -0.313 e. The summed E-state index contributed by atoms with van der Waals surface area (Å²) in [4.78, 5) is 36.8. The van der Waals surface area contributed by atoms with Gasteiger partial charge < -0.3 is 4.57 Å². The molecule has 0 saturated carbocycles. The van der Waals surface area contributed by atoms with E-state index in [1.807, 2.05) is 36.4 Å². The van der Waals surface area contributed by atoms with Crippen LogP contribution in [0.25, 0.3) is 17.1 Å². The lowest BCUT2D eigenvalue weighted by molar-refractivity contribution is 0.0975. The predicted octanol–water partition coefficient (Wildman–Crippen LogP) is 1.81. The molecule has 2 heterocycles. The lowest BCUT2D eigenvalue weighted by Crippen LogP contribution is -2.26. The van der Waals surface area contributed by atoms with Crippen molar-refractivity contribution in [1.82, 2.24) is 24.5 Å². The molecule has 0 amide bonds. The van der Waals surface area contributed by atoms with Crippen molar-refractivity contribution in [3.63, 3.8) is 0 Å². The van der Waals surface area contributed by atoms with Gasteiger partial charge >= 0.3 is 0 Å². The van der Waals surface area contributed by atoms with Gasteiger partial charge in [-0.05, 0) is 12.1 Å². The van der Waals surface area contributed by atoms with Gasteiger partial charge in [0.15, 0.2) is 23.3 Å². The topological polar surface area (TPSA) is 126 Å². The average Bonchev–Trinajstić information content (AvgIpc) is 3.17. The van der Waals surface area contributed by atoms with Crippen LogP contribution in [-0.4, -0.2) is 30.3 Å². The Morgan fingerprint density at radius 2 is 1.81 bits per heavy atom. The molecule has 0 aliphatic heterocycles. The quantitative estimate of drug-likeness (QED) is 0.498. The number of H-pyrrole nitrogens is 1. The van der Waals surface area contributed by atoms with Crippen molar-refractivity contribution < 1.29 is 4.79 Å². The first-order valence-corrected chi connectivity index (χ1v) is 9.31. The fourth-order valence-electron chi connectivity index (χ4n) is 3.25. The Balaban J connectivity index is 1.72. The minimum atomic E-state index is -1.20. The van der Waals surface area contributed by atoms with Crippen LogP contribution in [0.15, 0.2) is 76.3 Å². The summed E-state index contributed by atoms with van der Waals surface area (Å²) in [7, 11) is 1.69. The number of Topliss-reactive ketones (excluding diaryl/α,β-unsaturated/α-hetero) is 1. The Kier molecular flexibility index (Phi) is 5.12. The van der Waals surface area contributed by atoms with Crippen LogP contribution in [0, 0.1) is 11.3 Å². The highest BCUT2D eigenvalue weighted by molar-refractivity contribution is 6.02. The first-order valence-electron chi connectivity index (χ1n) is 9.31. The smallest absolute Gasteiger partial charge is 0.269 e. The van der Waals surface area contributed by atoms with E-state index < -0.39 is 22.8 Å². The highest BCUT2D eigenvalue weighted by Gasteiger charge is 2.28. The van der Waals surface area contributed by atoms with E-state index in [4.69, 9.17) is 0 Å². The lowest BCUT2D eigenvalue weighted by atomic mass is 9.97. The van der Waals surface area contributed by atoms with Gasteiger partial charge in [0.2, 0.25) is 0 Å². The molecule has 0 aliphatic rings. The van der Waals surface area contributed by atoms with Gasteiger partial charge in [-0.2, -0.15) is 5.26 Å². The molecule has 9 nitrogen and oxygen atoms in total. The third kappa shape index (κ3) is 3.70. The van der Waals surface area contributed by atoms with Crippen molar-refractivity contribution in [2.75, 3.05) is 0 Å². The van der Waals surface area contributed by atoms with Gasteiger partial charge in [-0.15, -0.1) is 10.2 Å². The second-order valence-electron chi connectivity index (χ2n) is 6.77. The standard InChI is InChI=1S/C22H16N6O3/c1-27-21(14-6-3-2-4-7-14)24-25-22(27)17(13-23)20(31)15-8-5-9-16(12-15)28-19(30)11-10-18(29)26-28/h2-12,17H,1H3,(H,26,29). The van der Waals surface area contributed by atoms with Crippen molar-refractivity contribution in [1.29, 1.82) is 5.26 Å². The Hall–Kier alpha value is -4.58. The number of nitrogens with zero attached hydrogens (tertiary/aromatic N) is 5. The van der Waals surface area contributed by atoms with Gasteiger partial charge in [0, 0.05) is 30.3 Å². The Morgan fingerprint density at radius 1 is 1.03 bits per heavy atom. The van der Waals surface area contributed by atoms with Crippen molar-refractivity contribution in [2.45, 2.75) is 5.92 Å². The highest BCUT2D eigenvalue weighted by Crippen LogP contribution is 2.24. The number of carbonyl (C=O) groups is 1. The molecule has 0 aliphatic carbocycles. The van der Waals surface area contributed by atoms with Crippen LogP contribution < -0.4 is 11.1 Å². The summed E-state index contributed by atoms with van der Waals surface area (Å²) in [6.45, 7) is 0. The van der Waals surface area contributed by atoms with Crippen LogP contribution in [0.4, 0.5) is 0 Å². The number of aromatic nitrogens is 5. The zero-order valence-electron chi connectivity index (χ0n) is 16.4. The third-order valence-electron chi connectivity index (χ3n) is 4.80. The Labute approximate surface area is 175 Å². The van der Waals surface area contributed by atoms with Gasteiger partial charge in [-0.1, -0.05) is 42.5 Å². The molecule has 1 N–H and O–H groups in total. The highest BCUT2D eigenvalue weighted by atomic mass is 16.2. The van der Waals surface area contributed by atoms with E-state index in [2.05, 4.69) is 15.3 Å². The van der Waals surface area contributed by atoms with Crippen LogP contribution >= 0.6 is 0 Å². The zero-order chi connectivity index (χ0) is 22.0. The van der Waals surface area contributed by atoms with Gasteiger partial charge in [0.05, 0.1) is 11.8 Å². The maximum absolute atomic E-state index is 13.1. The number of benzene rings is 2. The fourth-order valence-corrected chi connectivity index (χ4v) is 3.25. The number of carbonyl (C=O) groups excluding carboxylic acids is 1. The van der Waals surface area contributed by atoms with Crippen LogP contribution in [0.3, 0.4) is 0 Å². The molecule has 0 bridgehead atoms. The van der Waals surface area contributed by atoms with E-state index in [1.165, 1.54) is 12.1 Å². The summed E-state index contributed by atoms with van der Waals surface area (Å²) in [5, 5.41) is 20.4. The van der Waals surface area contributed by atoms with Crippen LogP contribution in [0.2, 0.25) is 0 Å². The first kappa shape index (κ1) is 19.7. The molecule has 0 fully saturated rings. The number of aromatic amines is 1. The number of nitrogens with one attached hydrogen (secondary N) is 1. The molecule has 4 rings (SSSR count).